The normalized spacial score (nSPS) is 16.5. The fourth-order valence-electron chi connectivity index (χ4n) is 2.84. The molecule has 1 saturated carbocycles. The molecule has 4 nitrogen and oxygen atoms in total. The van der Waals surface area contributed by atoms with E-state index in [1.54, 1.807) is 19.1 Å². The number of benzene rings is 1. The van der Waals surface area contributed by atoms with E-state index in [0.29, 0.717) is 0 Å². The Hall–Kier alpha value is -1.91. The van der Waals surface area contributed by atoms with Crippen LogP contribution in [0.15, 0.2) is 18.2 Å². The van der Waals surface area contributed by atoms with E-state index >= 15 is 0 Å². The van der Waals surface area contributed by atoms with Gasteiger partial charge in [0.15, 0.2) is 0 Å². The second kappa shape index (κ2) is 6.70. The number of rotatable bonds is 4. The van der Waals surface area contributed by atoms with Crippen molar-refractivity contribution in [1.29, 1.82) is 0 Å². The molecule has 1 aliphatic rings. The topological polar surface area (TPSA) is 58.2 Å². The van der Waals surface area contributed by atoms with E-state index < -0.39 is 11.9 Å². The number of anilines is 1. The van der Waals surface area contributed by atoms with Crippen LogP contribution in [-0.2, 0) is 9.59 Å². The monoisotopic (exact) mass is 292 g/mol. The Balaban J connectivity index is 2.11. The number of aryl methyl sites for hydroxylation is 1. The van der Waals surface area contributed by atoms with Gasteiger partial charge in [-0.1, -0.05) is 18.9 Å². The zero-order valence-corrected chi connectivity index (χ0v) is 12.4. The molecular weight excluding hydrogens is 271 g/mol. The van der Waals surface area contributed by atoms with Gasteiger partial charge < -0.3 is 10.6 Å². The van der Waals surface area contributed by atoms with E-state index in [1.165, 1.54) is 13.0 Å². The van der Waals surface area contributed by atoms with Crippen LogP contribution in [-0.4, -0.2) is 17.9 Å². The molecule has 0 heterocycles. The molecule has 2 rings (SSSR count). The molecule has 1 aromatic carbocycles. The molecule has 0 aromatic heterocycles. The fourth-order valence-corrected chi connectivity index (χ4v) is 2.84. The van der Waals surface area contributed by atoms with Crippen molar-refractivity contribution in [1.82, 2.24) is 5.32 Å². The Labute approximate surface area is 124 Å². The fraction of sp³-hybridized carbons (Fsp3) is 0.500. The van der Waals surface area contributed by atoms with Gasteiger partial charge in [-0.2, -0.15) is 0 Å². The molecule has 114 valence electrons. The summed E-state index contributed by atoms with van der Waals surface area (Å²) in [5.41, 5.74) is 0.943. The first-order valence-electron chi connectivity index (χ1n) is 7.31. The molecule has 2 N–H and O–H groups in total. The van der Waals surface area contributed by atoms with Crippen molar-refractivity contribution in [2.75, 3.05) is 5.32 Å². The average molecular weight is 292 g/mol. The van der Waals surface area contributed by atoms with Gasteiger partial charge in [0, 0.05) is 6.92 Å². The lowest BCUT2D eigenvalue weighted by Gasteiger charge is -2.23. The highest BCUT2D eigenvalue weighted by Crippen LogP contribution is 2.28. The number of carbonyl (C=O) groups excluding carboxylic acids is 2. The maximum absolute atomic E-state index is 13.8. The first-order valence-corrected chi connectivity index (χ1v) is 7.31. The molecule has 0 saturated heterocycles. The third-order valence-electron chi connectivity index (χ3n) is 3.89. The minimum Gasteiger partial charge on any atom is -0.344 e. The highest BCUT2D eigenvalue weighted by molar-refractivity contribution is 5.97. The van der Waals surface area contributed by atoms with E-state index in [1.807, 2.05) is 0 Å². The van der Waals surface area contributed by atoms with E-state index in [0.717, 1.165) is 31.2 Å². The van der Waals surface area contributed by atoms with Gasteiger partial charge in [0.1, 0.15) is 11.9 Å². The summed E-state index contributed by atoms with van der Waals surface area (Å²) in [7, 11) is 0. The minimum absolute atomic E-state index is 0.127. The van der Waals surface area contributed by atoms with Gasteiger partial charge in [0.05, 0.1) is 5.69 Å². The molecule has 1 aromatic rings. The van der Waals surface area contributed by atoms with Crippen LogP contribution in [0, 0.1) is 18.7 Å². The minimum atomic E-state index is -0.592. The summed E-state index contributed by atoms with van der Waals surface area (Å²) in [6.07, 6.45) is 3.95. The molecule has 0 spiro atoms. The van der Waals surface area contributed by atoms with Crippen molar-refractivity contribution >= 4 is 17.5 Å². The van der Waals surface area contributed by atoms with Gasteiger partial charge in [-0.25, -0.2) is 4.39 Å². The van der Waals surface area contributed by atoms with Gasteiger partial charge in [-0.05, 0) is 43.4 Å². The van der Waals surface area contributed by atoms with Crippen molar-refractivity contribution in [3.8, 4) is 0 Å². The van der Waals surface area contributed by atoms with Gasteiger partial charge >= 0.3 is 0 Å². The largest absolute Gasteiger partial charge is 0.344 e. The highest BCUT2D eigenvalue weighted by Gasteiger charge is 2.31. The van der Waals surface area contributed by atoms with E-state index in [2.05, 4.69) is 10.6 Å². The van der Waals surface area contributed by atoms with Gasteiger partial charge in [-0.15, -0.1) is 0 Å². The Bertz CT molecular complexity index is 539. The van der Waals surface area contributed by atoms with Crippen molar-refractivity contribution in [2.45, 2.75) is 45.6 Å². The molecule has 0 radical (unpaired) electrons. The summed E-state index contributed by atoms with van der Waals surface area (Å²) in [5, 5.41) is 5.29. The predicted octanol–water partition coefficient (Wildman–Crippen LogP) is 2.77. The zero-order valence-electron chi connectivity index (χ0n) is 12.4. The summed E-state index contributed by atoms with van der Waals surface area (Å²) in [6, 6.07) is 4.06. The van der Waals surface area contributed by atoms with Gasteiger partial charge in [0.2, 0.25) is 11.8 Å². The number of halogens is 1. The molecule has 0 aliphatic heterocycles. The van der Waals surface area contributed by atoms with Crippen LogP contribution in [0.4, 0.5) is 10.1 Å². The standard InChI is InChI=1S/C16H21FN2O2/c1-10-7-8-14(13(17)9-10)19-16(21)15(18-11(2)20)12-5-3-4-6-12/h7-9,12,15H,3-6H2,1-2H3,(H,18,20)(H,19,21)/t15-/m0/s1. The molecule has 5 heteroatoms. The number of nitrogens with one attached hydrogen (secondary N) is 2. The quantitative estimate of drug-likeness (QED) is 0.896. The highest BCUT2D eigenvalue weighted by atomic mass is 19.1. The summed E-state index contributed by atoms with van der Waals surface area (Å²) < 4.78 is 13.8. The van der Waals surface area contributed by atoms with Crippen LogP contribution in [0.2, 0.25) is 0 Å². The van der Waals surface area contributed by atoms with Gasteiger partial charge in [0.25, 0.3) is 0 Å². The predicted molar refractivity (Wildman–Crippen MR) is 79.3 cm³/mol. The molecule has 0 bridgehead atoms. The summed E-state index contributed by atoms with van der Waals surface area (Å²) in [6.45, 7) is 3.18. The second-order valence-corrected chi connectivity index (χ2v) is 5.70. The van der Waals surface area contributed by atoms with Crippen molar-refractivity contribution in [3.63, 3.8) is 0 Å². The average Bonchev–Trinajstić information content (AvgIpc) is 2.92. The first-order chi connectivity index (χ1) is 9.97. The van der Waals surface area contributed by atoms with Crippen molar-refractivity contribution < 1.29 is 14.0 Å². The number of hydrogen-bond donors (Lipinski definition) is 2. The number of carbonyl (C=O) groups is 2. The SMILES string of the molecule is CC(=O)N[C@H](C(=O)Nc1ccc(C)cc1F)C1CCCC1. The van der Waals surface area contributed by atoms with Crippen LogP contribution in [0.3, 0.4) is 0 Å². The maximum atomic E-state index is 13.8. The third-order valence-corrected chi connectivity index (χ3v) is 3.89. The molecule has 21 heavy (non-hydrogen) atoms. The van der Waals surface area contributed by atoms with Crippen LogP contribution < -0.4 is 10.6 Å². The lowest BCUT2D eigenvalue weighted by atomic mass is 9.97. The molecule has 1 fully saturated rings. The van der Waals surface area contributed by atoms with Crippen LogP contribution >= 0.6 is 0 Å². The second-order valence-electron chi connectivity index (χ2n) is 5.70. The van der Waals surface area contributed by atoms with Crippen LogP contribution in [0.1, 0.15) is 38.2 Å². The number of hydrogen-bond acceptors (Lipinski definition) is 2. The maximum Gasteiger partial charge on any atom is 0.247 e. The van der Waals surface area contributed by atoms with Crippen LogP contribution in [0.5, 0.6) is 0 Å². The van der Waals surface area contributed by atoms with Crippen molar-refractivity contribution in [3.05, 3.63) is 29.6 Å². The van der Waals surface area contributed by atoms with Gasteiger partial charge in [-0.3, -0.25) is 9.59 Å². The summed E-state index contributed by atoms with van der Waals surface area (Å²) in [4.78, 5) is 23.7. The Morgan fingerprint density at radius 1 is 1.29 bits per heavy atom. The molecule has 1 atom stereocenters. The lowest BCUT2D eigenvalue weighted by molar-refractivity contribution is -0.126. The zero-order chi connectivity index (χ0) is 15.4. The van der Waals surface area contributed by atoms with Crippen LogP contribution in [0.25, 0.3) is 0 Å². The summed E-state index contributed by atoms with van der Waals surface area (Å²) >= 11 is 0. The number of amides is 2. The molecule has 0 unspecified atom stereocenters. The Kier molecular flexibility index (Phi) is 4.94. The Morgan fingerprint density at radius 3 is 2.52 bits per heavy atom. The molecule has 1 aliphatic carbocycles. The van der Waals surface area contributed by atoms with E-state index in [4.69, 9.17) is 0 Å². The third kappa shape index (κ3) is 4.03. The van der Waals surface area contributed by atoms with Crippen molar-refractivity contribution in [2.24, 2.45) is 5.92 Å². The smallest absolute Gasteiger partial charge is 0.247 e. The lowest BCUT2D eigenvalue weighted by Crippen LogP contribution is -2.47. The van der Waals surface area contributed by atoms with E-state index in [9.17, 15) is 14.0 Å². The van der Waals surface area contributed by atoms with E-state index in [-0.39, 0.29) is 23.4 Å². The first kappa shape index (κ1) is 15.5. The summed E-state index contributed by atoms with van der Waals surface area (Å²) in [5.74, 6) is -0.926. The Morgan fingerprint density at radius 2 is 1.95 bits per heavy atom. The molecule has 2 amide bonds. The molecular formula is C16H21FN2O2.